The SMILES string of the molecule is Cc1nc(Cl)c2c(n1)CCN(C)C2. The Labute approximate surface area is 82.8 Å². The predicted molar refractivity (Wildman–Crippen MR) is 51.8 cm³/mol. The number of nitrogens with zero attached hydrogens (tertiary/aromatic N) is 3. The summed E-state index contributed by atoms with van der Waals surface area (Å²) in [5.74, 6) is 0.772. The van der Waals surface area contributed by atoms with Crippen molar-refractivity contribution in [2.75, 3.05) is 13.6 Å². The van der Waals surface area contributed by atoms with Crippen LogP contribution in [0.5, 0.6) is 0 Å². The van der Waals surface area contributed by atoms with Gasteiger partial charge in [-0.1, -0.05) is 11.6 Å². The first-order valence-electron chi connectivity index (χ1n) is 4.37. The third-order valence-corrected chi connectivity index (χ3v) is 2.63. The van der Waals surface area contributed by atoms with Crippen molar-refractivity contribution in [3.63, 3.8) is 0 Å². The van der Waals surface area contributed by atoms with Gasteiger partial charge in [-0.3, -0.25) is 0 Å². The van der Waals surface area contributed by atoms with Crippen LogP contribution in [0, 0.1) is 6.92 Å². The highest BCUT2D eigenvalue weighted by Crippen LogP contribution is 2.22. The van der Waals surface area contributed by atoms with Gasteiger partial charge in [0.15, 0.2) is 0 Å². The van der Waals surface area contributed by atoms with E-state index in [4.69, 9.17) is 11.6 Å². The summed E-state index contributed by atoms with van der Waals surface area (Å²) in [6.45, 7) is 3.80. The second-order valence-corrected chi connectivity index (χ2v) is 3.83. The highest BCUT2D eigenvalue weighted by atomic mass is 35.5. The largest absolute Gasteiger partial charge is 0.302 e. The van der Waals surface area contributed by atoms with Crippen LogP contribution in [-0.4, -0.2) is 28.5 Å². The van der Waals surface area contributed by atoms with E-state index in [0.717, 1.165) is 36.6 Å². The van der Waals surface area contributed by atoms with Gasteiger partial charge >= 0.3 is 0 Å². The number of hydrogen-bond acceptors (Lipinski definition) is 3. The lowest BCUT2D eigenvalue weighted by molar-refractivity contribution is 0.309. The van der Waals surface area contributed by atoms with Crippen molar-refractivity contribution in [3.8, 4) is 0 Å². The zero-order valence-electron chi connectivity index (χ0n) is 7.84. The summed E-state index contributed by atoms with van der Waals surface area (Å²) in [4.78, 5) is 10.8. The molecule has 0 N–H and O–H groups in total. The molecule has 1 aliphatic rings. The first-order valence-corrected chi connectivity index (χ1v) is 4.75. The van der Waals surface area contributed by atoms with Crippen molar-refractivity contribution in [2.45, 2.75) is 19.9 Å². The van der Waals surface area contributed by atoms with E-state index in [-0.39, 0.29) is 0 Å². The third kappa shape index (κ3) is 1.67. The van der Waals surface area contributed by atoms with Gasteiger partial charge in [-0.05, 0) is 14.0 Å². The minimum absolute atomic E-state index is 0.619. The van der Waals surface area contributed by atoms with Crippen molar-refractivity contribution >= 4 is 11.6 Å². The molecule has 70 valence electrons. The number of likely N-dealkylation sites (N-methyl/N-ethyl adjacent to an activating group) is 1. The van der Waals surface area contributed by atoms with Crippen molar-refractivity contribution < 1.29 is 0 Å². The number of aryl methyl sites for hydroxylation is 1. The Balaban J connectivity index is 2.47. The molecule has 1 aromatic rings. The van der Waals surface area contributed by atoms with E-state index in [9.17, 15) is 0 Å². The Hall–Kier alpha value is -0.670. The monoisotopic (exact) mass is 197 g/mol. The normalized spacial score (nSPS) is 17.2. The maximum atomic E-state index is 6.03. The average molecular weight is 198 g/mol. The van der Waals surface area contributed by atoms with Gasteiger partial charge < -0.3 is 4.90 Å². The molecule has 0 fully saturated rings. The molecule has 0 amide bonds. The van der Waals surface area contributed by atoms with Crippen molar-refractivity contribution in [3.05, 3.63) is 22.2 Å². The molecule has 0 aromatic carbocycles. The fourth-order valence-corrected chi connectivity index (χ4v) is 1.92. The van der Waals surface area contributed by atoms with Crippen LogP contribution in [0.2, 0.25) is 5.15 Å². The summed E-state index contributed by atoms with van der Waals surface area (Å²) in [7, 11) is 2.08. The van der Waals surface area contributed by atoms with Crippen LogP contribution in [0.15, 0.2) is 0 Å². The molecule has 0 unspecified atom stereocenters. The molecule has 2 heterocycles. The molecule has 0 saturated heterocycles. The van der Waals surface area contributed by atoms with Gasteiger partial charge in [-0.15, -0.1) is 0 Å². The molecule has 0 atom stereocenters. The van der Waals surface area contributed by atoms with Crippen LogP contribution in [0.3, 0.4) is 0 Å². The van der Waals surface area contributed by atoms with Gasteiger partial charge in [0, 0.05) is 25.1 Å². The van der Waals surface area contributed by atoms with E-state index in [0.29, 0.717) is 5.15 Å². The first-order chi connectivity index (χ1) is 6.16. The highest BCUT2D eigenvalue weighted by molar-refractivity contribution is 6.30. The highest BCUT2D eigenvalue weighted by Gasteiger charge is 2.18. The molecule has 0 spiro atoms. The molecule has 13 heavy (non-hydrogen) atoms. The Kier molecular flexibility index (Phi) is 2.22. The van der Waals surface area contributed by atoms with Gasteiger partial charge in [-0.25, -0.2) is 9.97 Å². The topological polar surface area (TPSA) is 29.0 Å². The van der Waals surface area contributed by atoms with Crippen LogP contribution in [0.25, 0.3) is 0 Å². The summed E-state index contributed by atoms with van der Waals surface area (Å²) in [6.07, 6.45) is 0.981. The van der Waals surface area contributed by atoms with E-state index in [1.165, 1.54) is 0 Å². The number of aromatic nitrogens is 2. The smallest absolute Gasteiger partial charge is 0.137 e. The molecule has 3 nitrogen and oxygen atoms in total. The molecular weight excluding hydrogens is 186 g/mol. The van der Waals surface area contributed by atoms with Crippen LogP contribution in [0.1, 0.15) is 17.1 Å². The Bertz CT molecular complexity index is 338. The fraction of sp³-hybridized carbons (Fsp3) is 0.556. The summed E-state index contributed by atoms with van der Waals surface area (Å²) in [5, 5.41) is 0.619. The van der Waals surface area contributed by atoms with E-state index < -0.39 is 0 Å². The second kappa shape index (κ2) is 3.24. The van der Waals surface area contributed by atoms with Gasteiger partial charge in [-0.2, -0.15) is 0 Å². The molecule has 1 aliphatic heterocycles. The Morgan fingerprint density at radius 2 is 2.15 bits per heavy atom. The maximum absolute atomic E-state index is 6.03. The second-order valence-electron chi connectivity index (χ2n) is 3.47. The Morgan fingerprint density at radius 1 is 1.38 bits per heavy atom. The summed E-state index contributed by atoms with van der Waals surface area (Å²) >= 11 is 6.03. The molecule has 0 aliphatic carbocycles. The molecule has 1 aromatic heterocycles. The summed E-state index contributed by atoms with van der Waals surface area (Å²) in [5.41, 5.74) is 2.22. The zero-order chi connectivity index (χ0) is 9.42. The van der Waals surface area contributed by atoms with Gasteiger partial charge in [0.2, 0.25) is 0 Å². The molecule has 0 saturated carbocycles. The van der Waals surface area contributed by atoms with Crippen LogP contribution in [0.4, 0.5) is 0 Å². The number of rotatable bonds is 0. The molecular formula is C9H12ClN3. The van der Waals surface area contributed by atoms with E-state index in [1.54, 1.807) is 0 Å². The number of halogens is 1. The van der Waals surface area contributed by atoms with E-state index in [1.807, 2.05) is 6.92 Å². The van der Waals surface area contributed by atoms with Crippen molar-refractivity contribution in [1.82, 2.24) is 14.9 Å². The van der Waals surface area contributed by atoms with Gasteiger partial charge in [0.1, 0.15) is 11.0 Å². The minimum atomic E-state index is 0.619. The van der Waals surface area contributed by atoms with Gasteiger partial charge in [0.25, 0.3) is 0 Å². The quantitative estimate of drug-likeness (QED) is 0.590. The van der Waals surface area contributed by atoms with Crippen LogP contribution in [-0.2, 0) is 13.0 Å². The zero-order valence-corrected chi connectivity index (χ0v) is 8.60. The lowest BCUT2D eigenvalue weighted by Crippen LogP contribution is -2.28. The average Bonchev–Trinajstić information content (AvgIpc) is 2.06. The van der Waals surface area contributed by atoms with E-state index in [2.05, 4.69) is 21.9 Å². The fourth-order valence-electron chi connectivity index (χ4n) is 1.63. The molecule has 0 bridgehead atoms. The summed E-state index contributed by atoms with van der Waals surface area (Å²) < 4.78 is 0. The lowest BCUT2D eigenvalue weighted by Gasteiger charge is -2.24. The summed E-state index contributed by atoms with van der Waals surface area (Å²) in [6, 6.07) is 0. The predicted octanol–water partition coefficient (Wildman–Crippen LogP) is 1.43. The Morgan fingerprint density at radius 3 is 2.92 bits per heavy atom. The third-order valence-electron chi connectivity index (χ3n) is 2.31. The molecule has 2 rings (SSSR count). The first kappa shape index (κ1) is 8.91. The lowest BCUT2D eigenvalue weighted by atomic mass is 10.1. The number of hydrogen-bond donors (Lipinski definition) is 0. The van der Waals surface area contributed by atoms with Crippen LogP contribution < -0.4 is 0 Å². The minimum Gasteiger partial charge on any atom is -0.302 e. The van der Waals surface area contributed by atoms with Crippen molar-refractivity contribution in [2.24, 2.45) is 0 Å². The van der Waals surface area contributed by atoms with E-state index >= 15 is 0 Å². The standard InChI is InChI=1S/C9H12ClN3/c1-6-11-8-3-4-13(2)5-7(8)9(10)12-6/h3-5H2,1-2H3. The van der Waals surface area contributed by atoms with Crippen LogP contribution >= 0.6 is 11.6 Å². The van der Waals surface area contributed by atoms with Gasteiger partial charge in [0.05, 0.1) is 5.69 Å². The van der Waals surface area contributed by atoms with Crippen molar-refractivity contribution in [1.29, 1.82) is 0 Å². The number of fused-ring (bicyclic) bond motifs is 1. The maximum Gasteiger partial charge on any atom is 0.137 e. The molecule has 0 radical (unpaired) electrons. The molecule has 4 heteroatoms.